The van der Waals surface area contributed by atoms with E-state index in [1.807, 2.05) is 17.0 Å². The Morgan fingerprint density at radius 3 is 2.29 bits per heavy atom. The highest BCUT2D eigenvalue weighted by atomic mass is 79.9. The van der Waals surface area contributed by atoms with E-state index in [9.17, 15) is 22.0 Å². The lowest BCUT2D eigenvalue weighted by molar-refractivity contribution is -0.0411. The van der Waals surface area contributed by atoms with Crippen LogP contribution in [0.15, 0.2) is 38.3 Å². The van der Waals surface area contributed by atoms with E-state index in [0.717, 1.165) is 38.6 Å². The van der Waals surface area contributed by atoms with Crippen LogP contribution in [0.25, 0.3) is 0 Å². The molecule has 2 saturated carbocycles. The van der Waals surface area contributed by atoms with Gasteiger partial charge in [0.2, 0.25) is 0 Å². The summed E-state index contributed by atoms with van der Waals surface area (Å²) in [4.78, 5) is 15.5. The molecule has 4 aliphatic rings. The van der Waals surface area contributed by atoms with E-state index in [4.69, 9.17) is 0 Å². The molecule has 2 aliphatic heterocycles. The third-order valence-electron chi connectivity index (χ3n) is 8.62. The molecule has 2 aliphatic carbocycles. The number of amides is 1. The number of fused-ring (bicyclic) bond motifs is 2. The molecule has 1 amide bonds. The number of hydrogen-bond acceptors (Lipinski definition) is 4. The summed E-state index contributed by atoms with van der Waals surface area (Å²) < 4.78 is 55.3. The number of carbonyl (C=O) groups excluding carboxylic acids is 1. The molecule has 2 aromatic rings. The largest absolute Gasteiger partial charge is 0.307 e. The molecule has 1 aromatic carbocycles. The topological polar surface area (TPSA) is 57.7 Å². The van der Waals surface area contributed by atoms with Gasteiger partial charge in [-0.3, -0.25) is 4.79 Å². The lowest BCUT2D eigenvalue weighted by Gasteiger charge is -2.38. The van der Waals surface area contributed by atoms with Gasteiger partial charge in [-0.05, 0) is 73.8 Å². The number of rotatable bonds is 3. The van der Waals surface area contributed by atoms with E-state index < -0.39 is 28.8 Å². The van der Waals surface area contributed by atoms with Crippen molar-refractivity contribution >= 4 is 48.9 Å². The number of carbonyl (C=O) groups is 1. The Hall–Kier alpha value is -1.36. The Kier molecular flexibility index (Phi) is 5.53. The second-order valence-corrected chi connectivity index (χ2v) is 14.7. The first-order valence-corrected chi connectivity index (χ1v) is 15.2. The van der Waals surface area contributed by atoms with Gasteiger partial charge in [-0.1, -0.05) is 15.9 Å². The summed E-state index contributed by atoms with van der Waals surface area (Å²) in [6, 6.07) is 7.48. The monoisotopic (exact) mass is 584 g/mol. The number of benzene rings is 1. The Labute approximate surface area is 216 Å². The standard InChI is InChI=1S/C25H27BrF2N2O3S2/c26-18-1-2-20-19(14-18)24(7-5-23(3-4-23)6-8-24)16-30(20)22(31)17-13-21(34-15-17)35(32,33)29-11-9-25(27,28)10-12-29/h1-2,13-15H,3-12,16H2. The van der Waals surface area contributed by atoms with Crippen molar-refractivity contribution in [2.24, 2.45) is 5.41 Å². The van der Waals surface area contributed by atoms with Crippen molar-refractivity contribution in [3.05, 3.63) is 45.2 Å². The van der Waals surface area contributed by atoms with Crippen LogP contribution in [0.1, 0.15) is 67.3 Å². The van der Waals surface area contributed by atoms with Crippen LogP contribution in [0.2, 0.25) is 0 Å². The molecule has 2 spiro atoms. The normalized spacial score (nSPS) is 24.6. The van der Waals surface area contributed by atoms with Gasteiger partial charge >= 0.3 is 0 Å². The van der Waals surface area contributed by atoms with Crippen LogP contribution >= 0.6 is 27.3 Å². The minimum absolute atomic E-state index is 0.0318. The van der Waals surface area contributed by atoms with Gasteiger partial charge in [-0.15, -0.1) is 11.3 Å². The van der Waals surface area contributed by atoms with Crippen molar-refractivity contribution < 1.29 is 22.0 Å². The molecule has 0 unspecified atom stereocenters. The van der Waals surface area contributed by atoms with E-state index >= 15 is 0 Å². The maximum Gasteiger partial charge on any atom is 0.259 e. The third-order valence-corrected chi connectivity index (χ3v) is 12.4. The lowest BCUT2D eigenvalue weighted by Crippen LogP contribution is -2.42. The van der Waals surface area contributed by atoms with Crippen LogP contribution < -0.4 is 4.90 Å². The first-order chi connectivity index (χ1) is 16.5. The number of alkyl halides is 2. The number of sulfonamides is 1. The summed E-state index contributed by atoms with van der Waals surface area (Å²) in [6.45, 7) is 0.177. The Morgan fingerprint density at radius 1 is 0.971 bits per heavy atom. The predicted molar refractivity (Wildman–Crippen MR) is 135 cm³/mol. The Bertz CT molecular complexity index is 1290. The highest BCUT2D eigenvalue weighted by Gasteiger charge is 2.53. The maximum atomic E-state index is 13.7. The highest BCUT2D eigenvalue weighted by molar-refractivity contribution is 9.10. The molecule has 5 nitrogen and oxygen atoms in total. The number of halogens is 3. The second-order valence-electron chi connectivity index (χ2n) is 10.7. The number of hydrogen-bond donors (Lipinski definition) is 0. The summed E-state index contributed by atoms with van der Waals surface area (Å²) in [5, 5.41) is 1.58. The number of nitrogens with zero attached hydrogens (tertiary/aromatic N) is 2. The Balaban J connectivity index is 1.26. The molecule has 188 valence electrons. The smallest absolute Gasteiger partial charge is 0.259 e. The second kappa shape index (κ2) is 8.07. The Morgan fingerprint density at radius 2 is 1.63 bits per heavy atom. The van der Waals surface area contributed by atoms with Gasteiger partial charge in [0.15, 0.2) is 0 Å². The quantitative estimate of drug-likeness (QED) is 0.432. The molecule has 3 heterocycles. The molecule has 0 radical (unpaired) electrons. The van der Waals surface area contributed by atoms with Crippen molar-refractivity contribution in [3.63, 3.8) is 0 Å². The molecule has 35 heavy (non-hydrogen) atoms. The zero-order chi connectivity index (χ0) is 24.6. The lowest BCUT2D eigenvalue weighted by atomic mass is 9.66. The molecule has 0 bridgehead atoms. The predicted octanol–water partition coefficient (Wildman–Crippen LogP) is 6.18. The first-order valence-electron chi connectivity index (χ1n) is 12.1. The van der Waals surface area contributed by atoms with Gasteiger partial charge in [0.1, 0.15) is 4.21 Å². The van der Waals surface area contributed by atoms with Crippen molar-refractivity contribution in [2.75, 3.05) is 24.5 Å². The molecule has 6 rings (SSSR count). The van der Waals surface area contributed by atoms with Crippen molar-refractivity contribution in [2.45, 2.75) is 66.9 Å². The average molecular weight is 586 g/mol. The molecule has 0 N–H and O–H groups in total. The van der Waals surface area contributed by atoms with Crippen LogP contribution in [0.5, 0.6) is 0 Å². The molecule has 0 atom stereocenters. The highest BCUT2D eigenvalue weighted by Crippen LogP contribution is 2.62. The van der Waals surface area contributed by atoms with Gasteiger partial charge in [0, 0.05) is 53.4 Å². The van der Waals surface area contributed by atoms with Crippen molar-refractivity contribution in [1.82, 2.24) is 4.31 Å². The van der Waals surface area contributed by atoms with Crippen LogP contribution in [-0.2, 0) is 15.4 Å². The summed E-state index contributed by atoms with van der Waals surface area (Å²) in [6.07, 6.45) is 6.18. The zero-order valence-corrected chi connectivity index (χ0v) is 22.5. The minimum Gasteiger partial charge on any atom is -0.307 e. The fraction of sp³-hybridized carbons (Fsp3) is 0.560. The number of thiophene rings is 1. The van der Waals surface area contributed by atoms with E-state index in [1.54, 1.807) is 5.38 Å². The summed E-state index contributed by atoms with van der Waals surface area (Å²) >= 11 is 4.59. The van der Waals surface area contributed by atoms with Crippen molar-refractivity contribution in [1.29, 1.82) is 0 Å². The van der Waals surface area contributed by atoms with E-state index in [-0.39, 0.29) is 28.6 Å². The van der Waals surface area contributed by atoms with Crippen LogP contribution in [-0.4, -0.2) is 44.2 Å². The first kappa shape index (κ1) is 24.0. The fourth-order valence-electron chi connectivity index (χ4n) is 6.09. The van der Waals surface area contributed by atoms with Gasteiger partial charge in [0.25, 0.3) is 21.9 Å². The molecular formula is C25H27BrF2N2O3S2. The van der Waals surface area contributed by atoms with Gasteiger partial charge < -0.3 is 4.90 Å². The minimum atomic E-state index is -3.91. The maximum absolute atomic E-state index is 13.7. The van der Waals surface area contributed by atoms with Crippen LogP contribution in [0, 0.1) is 5.41 Å². The van der Waals surface area contributed by atoms with E-state index in [2.05, 4.69) is 22.0 Å². The van der Waals surface area contributed by atoms with E-state index in [0.29, 0.717) is 17.5 Å². The third kappa shape index (κ3) is 4.08. The molecule has 10 heteroatoms. The van der Waals surface area contributed by atoms with Gasteiger partial charge in [0.05, 0.1) is 5.56 Å². The molecule has 1 saturated heterocycles. The van der Waals surface area contributed by atoms with Crippen LogP contribution in [0.3, 0.4) is 0 Å². The number of anilines is 1. The summed E-state index contributed by atoms with van der Waals surface area (Å²) in [7, 11) is -3.91. The molecule has 1 aromatic heterocycles. The molecular weight excluding hydrogens is 558 g/mol. The SMILES string of the molecule is O=C(c1csc(S(=O)(=O)N2CCC(F)(F)CC2)c1)N1CC2(CCC3(CC3)CC2)c2cc(Br)ccc21. The van der Waals surface area contributed by atoms with Crippen molar-refractivity contribution in [3.8, 4) is 0 Å². The number of piperidine rings is 1. The average Bonchev–Trinajstić information content (AvgIpc) is 3.26. The zero-order valence-electron chi connectivity index (χ0n) is 19.2. The fourth-order valence-corrected chi connectivity index (χ4v) is 9.20. The summed E-state index contributed by atoms with van der Waals surface area (Å²) in [5.74, 6) is -3.03. The van der Waals surface area contributed by atoms with Crippen LogP contribution in [0.4, 0.5) is 14.5 Å². The van der Waals surface area contributed by atoms with Gasteiger partial charge in [-0.2, -0.15) is 4.31 Å². The summed E-state index contributed by atoms with van der Waals surface area (Å²) in [5.41, 5.74) is 2.90. The molecule has 3 fully saturated rings. The van der Waals surface area contributed by atoms with E-state index in [1.165, 1.54) is 37.3 Å². The van der Waals surface area contributed by atoms with Gasteiger partial charge in [-0.25, -0.2) is 17.2 Å².